The lowest BCUT2D eigenvalue weighted by Gasteiger charge is -2.20. The summed E-state index contributed by atoms with van der Waals surface area (Å²) in [5.74, 6) is 0.669. The van der Waals surface area contributed by atoms with Gasteiger partial charge in [0, 0.05) is 17.2 Å². The molecule has 7 heteroatoms. The van der Waals surface area contributed by atoms with E-state index in [4.69, 9.17) is 24.9 Å². The molecule has 0 saturated heterocycles. The second-order valence-corrected chi connectivity index (χ2v) is 6.80. The van der Waals surface area contributed by atoms with Crippen molar-refractivity contribution in [3.63, 3.8) is 0 Å². The number of furan rings is 2. The summed E-state index contributed by atoms with van der Waals surface area (Å²) >= 11 is 6.14. The zero-order chi connectivity index (χ0) is 19.7. The van der Waals surface area contributed by atoms with Crippen LogP contribution in [0.15, 0.2) is 73.0 Å². The van der Waals surface area contributed by atoms with E-state index in [0.717, 1.165) is 5.56 Å². The molecule has 0 aliphatic carbocycles. The molecule has 0 aliphatic heterocycles. The van der Waals surface area contributed by atoms with E-state index >= 15 is 0 Å². The van der Waals surface area contributed by atoms with E-state index in [-0.39, 0.29) is 29.9 Å². The van der Waals surface area contributed by atoms with Crippen molar-refractivity contribution < 1.29 is 18.0 Å². The first kappa shape index (κ1) is 18.1. The van der Waals surface area contributed by atoms with Gasteiger partial charge in [-0.15, -0.1) is 0 Å². The molecule has 0 unspecified atom stereocenters. The lowest BCUT2D eigenvalue weighted by atomic mass is 10.1. The molecule has 0 radical (unpaired) electrons. The standard InChI is InChI=1S/C21H16ClNO5/c1-13-8-16-18(24)10-20(28-19(16)9-17(13)22)21(25)23(11-14-4-2-6-26-14)12-15-5-3-7-27-15/h2-10H,11-12H2,1H3. The van der Waals surface area contributed by atoms with Gasteiger partial charge < -0.3 is 18.2 Å². The topological polar surface area (TPSA) is 76.8 Å². The molecule has 142 valence electrons. The van der Waals surface area contributed by atoms with Crippen LogP contribution >= 0.6 is 11.6 Å². The molecule has 4 rings (SSSR count). The van der Waals surface area contributed by atoms with E-state index < -0.39 is 5.91 Å². The molecule has 0 aliphatic rings. The maximum Gasteiger partial charge on any atom is 0.290 e. The minimum atomic E-state index is -0.455. The first-order chi connectivity index (χ1) is 13.5. The Hall–Kier alpha value is -3.25. The summed E-state index contributed by atoms with van der Waals surface area (Å²) in [6.07, 6.45) is 3.07. The molecule has 1 amide bonds. The lowest BCUT2D eigenvalue weighted by molar-refractivity contribution is 0.0673. The number of rotatable bonds is 5. The average Bonchev–Trinajstić information content (AvgIpc) is 3.36. The number of benzene rings is 1. The Labute approximate surface area is 164 Å². The highest BCUT2D eigenvalue weighted by Crippen LogP contribution is 2.23. The van der Waals surface area contributed by atoms with Gasteiger partial charge in [0.2, 0.25) is 0 Å². The number of carbonyl (C=O) groups is 1. The number of nitrogens with zero attached hydrogens (tertiary/aromatic N) is 1. The largest absolute Gasteiger partial charge is 0.467 e. The fourth-order valence-electron chi connectivity index (χ4n) is 2.93. The molecule has 6 nitrogen and oxygen atoms in total. The van der Waals surface area contributed by atoms with Gasteiger partial charge in [0.25, 0.3) is 5.91 Å². The van der Waals surface area contributed by atoms with Crippen LogP contribution in [0, 0.1) is 6.92 Å². The van der Waals surface area contributed by atoms with Crippen molar-refractivity contribution in [3.05, 3.63) is 93.1 Å². The van der Waals surface area contributed by atoms with Gasteiger partial charge in [-0.1, -0.05) is 11.6 Å². The van der Waals surface area contributed by atoms with Crippen molar-refractivity contribution in [2.45, 2.75) is 20.0 Å². The van der Waals surface area contributed by atoms with Gasteiger partial charge in [0.15, 0.2) is 11.2 Å². The van der Waals surface area contributed by atoms with E-state index in [9.17, 15) is 9.59 Å². The molecule has 3 aromatic heterocycles. The molecular formula is C21H16ClNO5. The van der Waals surface area contributed by atoms with Crippen molar-refractivity contribution >= 4 is 28.5 Å². The molecule has 4 aromatic rings. The van der Waals surface area contributed by atoms with Crippen LogP contribution in [0.5, 0.6) is 0 Å². The summed E-state index contributed by atoms with van der Waals surface area (Å²) in [6, 6.07) is 11.4. The van der Waals surface area contributed by atoms with Crippen LogP contribution in [0.4, 0.5) is 0 Å². The minimum Gasteiger partial charge on any atom is -0.467 e. The second-order valence-electron chi connectivity index (χ2n) is 6.39. The number of hydrogen-bond donors (Lipinski definition) is 0. The first-order valence-electron chi connectivity index (χ1n) is 8.59. The molecule has 0 bridgehead atoms. The Balaban J connectivity index is 1.73. The third kappa shape index (κ3) is 3.59. The average molecular weight is 398 g/mol. The summed E-state index contributed by atoms with van der Waals surface area (Å²) in [5.41, 5.74) is 0.723. The SMILES string of the molecule is Cc1cc2c(=O)cc(C(=O)N(Cc3ccco3)Cc3ccco3)oc2cc1Cl. The van der Waals surface area contributed by atoms with E-state index in [1.807, 2.05) is 0 Å². The molecule has 0 saturated carbocycles. The summed E-state index contributed by atoms with van der Waals surface area (Å²) < 4.78 is 16.4. The number of aryl methyl sites for hydroxylation is 1. The van der Waals surface area contributed by atoms with E-state index in [1.165, 1.54) is 23.5 Å². The molecule has 28 heavy (non-hydrogen) atoms. The quantitative estimate of drug-likeness (QED) is 0.484. The van der Waals surface area contributed by atoms with Crippen LogP contribution in [-0.4, -0.2) is 10.8 Å². The number of hydrogen-bond acceptors (Lipinski definition) is 5. The maximum absolute atomic E-state index is 13.1. The molecule has 1 aromatic carbocycles. The van der Waals surface area contributed by atoms with Crippen molar-refractivity contribution in [2.24, 2.45) is 0 Å². The normalized spacial score (nSPS) is 11.1. The molecule has 0 N–H and O–H groups in total. The maximum atomic E-state index is 13.1. The highest BCUT2D eigenvalue weighted by molar-refractivity contribution is 6.32. The Morgan fingerprint density at radius 3 is 2.25 bits per heavy atom. The van der Waals surface area contributed by atoms with Gasteiger partial charge in [-0.25, -0.2) is 0 Å². The minimum absolute atomic E-state index is 0.0736. The first-order valence-corrected chi connectivity index (χ1v) is 8.97. The third-order valence-electron chi connectivity index (χ3n) is 4.36. The summed E-state index contributed by atoms with van der Waals surface area (Å²) in [6.45, 7) is 2.20. The van der Waals surface area contributed by atoms with E-state index in [0.29, 0.717) is 21.9 Å². The van der Waals surface area contributed by atoms with Gasteiger partial charge in [0.1, 0.15) is 17.1 Å². The van der Waals surface area contributed by atoms with Crippen molar-refractivity contribution in [3.8, 4) is 0 Å². The fourth-order valence-corrected chi connectivity index (χ4v) is 3.08. The highest BCUT2D eigenvalue weighted by Gasteiger charge is 2.22. The van der Waals surface area contributed by atoms with Crippen LogP contribution in [0.2, 0.25) is 5.02 Å². The Kier molecular flexibility index (Phi) is 4.79. The highest BCUT2D eigenvalue weighted by atomic mass is 35.5. The summed E-state index contributed by atoms with van der Waals surface area (Å²) in [7, 11) is 0. The second kappa shape index (κ2) is 7.40. The molecule has 0 fully saturated rings. The van der Waals surface area contributed by atoms with Crippen LogP contribution in [0.3, 0.4) is 0 Å². The summed E-state index contributed by atoms with van der Waals surface area (Å²) in [4.78, 5) is 27.1. The van der Waals surface area contributed by atoms with Gasteiger partial charge >= 0.3 is 0 Å². The Morgan fingerprint density at radius 2 is 1.68 bits per heavy atom. The number of amides is 1. The van der Waals surface area contributed by atoms with Crippen molar-refractivity contribution in [1.29, 1.82) is 0 Å². The lowest BCUT2D eigenvalue weighted by Crippen LogP contribution is -2.30. The van der Waals surface area contributed by atoms with Gasteiger partial charge in [-0.3, -0.25) is 9.59 Å². The number of carbonyl (C=O) groups excluding carboxylic acids is 1. The van der Waals surface area contributed by atoms with Gasteiger partial charge in [-0.2, -0.15) is 0 Å². The predicted octanol–water partition coefficient (Wildman–Crippen LogP) is 4.78. The molecule has 3 heterocycles. The Bertz CT molecular complexity index is 1140. The van der Waals surface area contributed by atoms with Crippen LogP contribution in [0.1, 0.15) is 27.6 Å². The van der Waals surface area contributed by atoms with Crippen molar-refractivity contribution in [2.75, 3.05) is 0 Å². The molecular weight excluding hydrogens is 382 g/mol. The number of halogens is 1. The van der Waals surface area contributed by atoms with Crippen LogP contribution in [-0.2, 0) is 13.1 Å². The zero-order valence-electron chi connectivity index (χ0n) is 15.0. The third-order valence-corrected chi connectivity index (χ3v) is 4.77. The van der Waals surface area contributed by atoms with Gasteiger partial charge in [0.05, 0.1) is 31.0 Å². The van der Waals surface area contributed by atoms with Crippen LogP contribution < -0.4 is 5.43 Å². The summed E-state index contributed by atoms with van der Waals surface area (Å²) in [5, 5.41) is 0.838. The van der Waals surface area contributed by atoms with Crippen LogP contribution in [0.25, 0.3) is 11.0 Å². The fraction of sp³-hybridized carbons (Fsp3) is 0.143. The van der Waals surface area contributed by atoms with Gasteiger partial charge in [-0.05, 0) is 42.8 Å². The van der Waals surface area contributed by atoms with Crippen molar-refractivity contribution in [1.82, 2.24) is 4.90 Å². The number of fused-ring (bicyclic) bond motifs is 1. The van der Waals surface area contributed by atoms with E-state index in [2.05, 4.69) is 0 Å². The predicted molar refractivity (Wildman–Crippen MR) is 103 cm³/mol. The smallest absolute Gasteiger partial charge is 0.290 e. The Morgan fingerprint density at radius 1 is 1.04 bits per heavy atom. The molecule has 0 atom stereocenters. The van der Waals surface area contributed by atoms with E-state index in [1.54, 1.807) is 43.3 Å². The zero-order valence-corrected chi connectivity index (χ0v) is 15.7. The molecule has 0 spiro atoms. The monoisotopic (exact) mass is 397 g/mol.